The van der Waals surface area contributed by atoms with Crippen LogP contribution < -0.4 is 15.4 Å². The molecule has 0 amide bonds. The molecule has 0 radical (unpaired) electrons. The minimum absolute atomic E-state index is 0.155. The Labute approximate surface area is 131 Å². The van der Waals surface area contributed by atoms with E-state index in [1.165, 1.54) is 0 Å². The van der Waals surface area contributed by atoms with Crippen LogP contribution in [0.2, 0.25) is 0 Å². The van der Waals surface area contributed by atoms with Crippen molar-refractivity contribution in [3.8, 4) is 11.8 Å². The number of nitrogen functional groups attached to an aromatic ring is 1. The Kier molecular flexibility index (Phi) is 4.94. The first-order valence-corrected chi connectivity index (χ1v) is 7.40. The first-order valence-electron chi connectivity index (χ1n) is 6.32. The molecule has 0 atom stereocenters. The van der Waals surface area contributed by atoms with E-state index in [0.29, 0.717) is 11.7 Å². The van der Waals surface area contributed by atoms with Gasteiger partial charge in [0.05, 0.1) is 0 Å². The Morgan fingerprint density at radius 3 is 2.35 bits per heavy atom. The van der Waals surface area contributed by atoms with Crippen LogP contribution in [-0.2, 0) is 0 Å². The quantitative estimate of drug-likeness (QED) is 0.798. The van der Waals surface area contributed by atoms with Crippen LogP contribution in [0, 0.1) is 3.57 Å². The number of hydrogen-bond donors (Lipinski definition) is 1. The Balaban J connectivity index is 2.25. The van der Waals surface area contributed by atoms with E-state index in [0.717, 1.165) is 16.7 Å². The van der Waals surface area contributed by atoms with E-state index in [4.69, 9.17) is 10.5 Å². The molecule has 0 fully saturated rings. The maximum absolute atomic E-state index is 5.71. The SMILES string of the molecule is CCN(CC)c1nc(N)nc(Oc2ccc(I)cc2)n1. The summed E-state index contributed by atoms with van der Waals surface area (Å²) < 4.78 is 6.76. The van der Waals surface area contributed by atoms with Crippen LogP contribution >= 0.6 is 22.6 Å². The maximum Gasteiger partial charge on any atom is 0.328 e. The van der Waals surface area contributed by atoms with Gasteiger partial charge in [-0.2, -0.15) is 15.0 Å². The van der Waals surface area contributed by atoms with Crippen molar-refractivity contribution < 1.29 is 4.74 Å². The van der Waals surface area contributed by atoms with E-state index < -0.39 is 0 Å². The van der Waals surface area contributed by atoms with E-state index in [1.807, 2.05) is 43.0 Å². The second-order valence-corrected chi connectivity index (χ2v) is 5.25. The monoisotopic (exact) mass is 385 g/mol. The van der Waals surface area contributed by atoms with E-state index in [9.17, 15) is 0 Å². The average Bonchev–Trinajstić information content (AvgIpc) is 2.42. The molecule has 0 spiro atoms. The zero-order valence-electron chi connectivity index (χ0n) is 11.4. The van der Waals surface area contributed by atoms with Crippen molar-refractivity contribution >= 4 is 34.5 Å². The van der Waals surface area contributed by atoms with Gasteiger partial charge in [-0.05, 0) is 60.7 Å². The summed E-state index contributed by atoms with van der Waals surface area (Å²) in [6.45, 7) is 5.65. The molecule has 6 nitrogen and oxygen atoms in total. The summed E-state index contributed by atoms with van der Waals surface area (Å²) in [4.78, 5) is 14.4. The molecular formula is C13H16IN5O. The topological polar surface area (TPSA) is 77.2 Å². The van der Waals surface area contributed by atoms with Crippen molar-refractivity contribution in [1.29, 1.82) is 0 Å². The number of rotatable bonds is 5. The number of benzene rings is 1. The van der Waals surface area contributed by atoms with Crippen molar-refractivity contribution in [3.63, 3.8) is 0 Å². The highest BCUT2D eigenvalue weighted by Gasteiger charge is 2.11. The van der Waals surface area contributed by atoms with E-state index in [2.05, 4.69) is 37.5 Å². The molecule has 0 bridgehead atoms. The van der Waals surface area contributed by atoms with Crippen molar-refractivity contribution in [1.82, 2.24) is 15.0 Å². The molecule has 1 aromatic carbocycles. The van der Waals surface area contributed by atoms with Crippen LogP contribution in [0.25, 0.3) is 0 Å². The van der Waals surface area contributed by atoms with Gasteiger partial charge in [0.25, 0.3) is 0 Å². The van der Waals surface area contributed by atoms with E-state index >= 15 is 0 Å². The lowest BCUT2D eigenvalue weighted by Crippen LogP contribution is -2.25. The highest BCUT2D eigenvalue weighted by Crippen LogP contribution is 2.21. The molecule has 0 aliphatic carbocycles. The fourth-order valence-electron chi connectivity index (χ4n) is 1.66. The number of aromatic nitrogens is 3. The van der Waals surface area contributed by atoms with E-state index in [1.54, 1.807) is 0 Å². The molecule has 2 N–H and O–H groups in total. The summed E-state index contributed by atoms with van der Waals surface area (Å²) in [6.07, 6.45) is 0. The minimum Gasteiger partial charge on any atom is -0.424 e. The molecule has 0 aliphatic rings. The molecule has 20 heavy (non-hydrogen) atoms. The van der Waals surface area contributed by atoms with Crippen molar-refractivity contribution in [2.75, 3.05) is 23.7 Å². The lowest BCUT2D eigenvalue weighted by Gasteiger charge is -2.18. The van der Waals surface area contributed by atoms with Gasteiger partial charge in [0.2, 0.25) is 11.9 Å². The van der Waals surface area contributed by atoms with Crippen molar-refractivity contribution in [3.05, 3.63) is 27.8 Å². The third-order valence-electron chi connectivity index (χ3n) is 2.69. The van der Waals surface area contributed by atoms with E-state index in [-0.39, 0.29) is 12.0 Å². The maximum atomic E-state index is 5.71. The zero-order chi connectivity index (χ0) is 14.5. The van der Waals surface area contributed by atoms with Crippen LogP contribution in [0.4, 0.5) is 11.9 Å². The van der Waals surface area contributed by atoms with Gasteiger partial charge in [-0.3, -0.25) is 0 Å². The standard InChI is InChI=1S/C13H16IN5O/c1-3-19(4-2)12-16-11(15)17-13(18-12)20-10-7-5-9(14)6-8-10/h5-8H,3-4H2,1-2H3,(H2,15,16,17,18). The fourth-order valence-corrected chi connectivity index (χ4v) is 2.02. The number of nitrogens with two attached hydrogens (primary N) is 1. The lowest BCUT2D eigenvalue weighted by molar-refractivity contribution is 0.440. The van der Waals surface area contributed by atoms with Gasteiger partial charge in [0.15, 0.2) is 0 Å². The second-order valence-electron chi connectivity index (χ2n) is 4.00. The largest absolute Gasteiger partial charge is 0.424 e. The Morgan fingerprint density at radius 1 is 1.10 bits per heavy atom. The molecule has 1 aromatic heterocycles. The molecule has 2 aromatic rings. The van der Waals surface area contributed by atoms with Crippen LogP contribution in [0.1, 0.15) is 13.8 Å². The summed E-state index contributed by atoms with van der Waals surface area (Å²) >= 11 is 2.23. The summed E-state index contributed by atoms with van der Waals surface area (Å²) in [7, 11) is 0. The first-order chi connectivity index (χ1) is 9.62. The summed E-state index contributed by atoms with van der Waals surface area (Å²) in [5.74, 6) is 1.35. The van der Waals surface area contributed by atoms with Gasteiger partial charge in [-0.25, -0.2) is 0 Å². The van der Waals surface area contributed by atoms with Gasteiger partial charge >= 0.3 is 6.01 Å². The van der Waals surface area contributed by atoms with Gasteiger partial charge in [0.1, 0.15) is 5.75 Å². The molecule has 0 aliphatic heterocycles. The minimum atomic E-state index is 0.155. The zero-order valence-corrected chi connectivity index (χ0v) is 13.5. The molecule has 2 rings (SSSR count). The Bertz CT molecular complexity index is 571. The van der Waals surface area contributed by atoms with Crippen LogP contribution in [0.3, 0.4) is 0 Å². The summed E-state index contributed by atoms with van der Waals surface area (Å²) in [5, 5.41) is 0. The van der Waals surface area contributed by atoms with Crippen molar-refractivity contribution in [2.24, 2.45) is 0 Å². The predicted octanol–water partition coefficient (Wildman–Crippen LogP) is 2.70. The molecule has 7 heteroatoms. The summed E-state index contributed by atoms with van der Waals surface area (Å²) in [5.41, 5.74) is 5.71. The Hall–Kier alpha value is -1.64. The van der Waals surface area contributed by atoms with Crippen molar-refractivity contribution in [2.45, 2.75) is 13.8 Å². The van der Waals surface area contributed by atoms with Gasteiger partial charge in [-0.1, -0.05) is 0 Å². The number of ether oxygens (including phenoxy) is 1. The van der Waals surface area contributed by atoms with Crippen LogP contribution in [0.15, 0.2) is 24.3 Å². The summed E-state index contributed by atoms with van der Waals surface area (Å²) in [6, 6.07) is 7.83. The smallest absolute Gasteiger partial charge is 0.328 e. The first kappa shape index (κ1) is 14.8. The molecule has 0 saturated heterocycles. The highest BCUT2D eigenvalue weighted by molar-refractivity contribution is 14.1. The van der Waals surface area contributed by atoms with Crippen LogP contribution in [0.5, 0.6) is 11.8 Å². The van der Waals surface area contributed by atoms with Crippen LogP contribution in [-0.4, -0.2) is 28.0 Å². The van der Waals surface area contributed by atoms with Gasteiger partial charge in [0, 0.05) is 16.7 Å². The van der Waals surface area contributed by atoms with Gasteiger partial charge < -0.3 is 15.4 Å². The lowest BCUT2D eigenvalue weighted by atomic mass is 10.3. The Morgan fingerprint density at radius 2 is 1.75 bits per heavy atom. The third-order valence-corrected chi connectivity index (χ3v) is 3.41. The molecular weight excluding hydrogens is 369 g/mol. The molecule has 1 heterocycles. The molecule has 0 saturated carbocycles. The molecule has 106 valence electrons. The molecule has 0 unspecified atom stereocenters. The highest BCUT2D eigenvalue weighted by atomic mass is 127. The number of nitrogens with zero attached hydrogens (tertiary/aromatic N) is 4. The number of halogens is 1. The number of anilines is 2. The average molecular weight is 385 g/mol. The fraction of sp³-hybridized carbons (Fsp3) is 0.308. The number of hydrogen-bond acceptors (Lipinski definition) is 6. The van der Waals surface area contributed by atoms with Gasteiger partial charge in [-0.15, -0.1) is 0 Å². The predicted molar refractivity (Wildman–Crippen MR) is 87.0 cm³/mol. The second kappa shape index (κ2) is 6.69. The third kappa shape index (κ3) is 3.69. The normalized spacial score (nSPS) is 10.3.